The zero-order chi connectivity index (χ0) is 13.0. The lowest BCUT2D eigenvalue weighted by molar-refractivity contribution is 0.182. The van der Waals surface area contributed by atoms with Gasteiger partial charge in [0.05, 0.1) is 6.10 Å². The molecule has 2 unspecified atom stereocenters. The van der Waals surface area contributed by atoms with Crippen molar-refractivity contribution in [3.05, 3.63) is 28.8 Å². The number of rotatable bonds is 1. The van der Waals surface area contributed by atoms with E-state index in [4.69, 9.17) is 0 Å². The van der Waals surface area contributed by atoms with Crippen LogP contribution in [0.15, 0.2) is 17.7 Å². The SMILES string of the molecule is CCC1=C2c3ccc4n[nH]nc4c3CC2CCC1O. The van der Waals surface area contributed by atoms with Crippen LogP contribution in [0.4, 0.5) is 0 Å². The fraction of sp³-hybridized carbons (Fsp3) is 0.467. The molecule has 98 valence electrons. The Labute approximate surface area is 111 Å². The average molecular weight is 255 g/mol. The van der Waals surface area contributed by atoms with Crippen molar-refractivity contribution in [2.24, 2.45) is 5.92 Å². The van der Waals surface area contributed by atoms with Gasteiger partial charge in [0.25, 0.3) is 0 Å². The van der Waals surface area contributed by atoms with Crippen LogP contribution in [-0.4, -0.2) is 26.6 Å². The molecular weight excluding hydrogens is 238 g/mol. The Balaban J connectivity index is 2.00. The highest BCUT2D eigenvalue weighted by atomic mass is 16.3. The zero-order valence-electron chi connectivity index (χ0n) is 11.0. The second kappa shape index (κ2) is 3.90. The number of aliphatic hydroxyl groups excluding tert-OH is 1. The van der Waals surface area contributed by atoms with Crippen molar-refractivity contribution in [2.75, 3.05) is 0 Å². The van der Waals surface area contributed by atoms with E-state index in [0.717, 1.165) is 36.7 Å². The minimum absolute atomic E-state index is 0.254. The monoisotopic (exact) mass is 255 g/mol. The van der Waals surface area contributed by atoms with Gasteiger partial charge in [-0.15, -0.1) is 0 Å². The van der Waals surface area contributed by atoms with Gasteiger partial charge in [-0.1, -0.05) is 13.0 Å². The summed E-state index contributed by atoms with van der Waals surface area (Å²) in [4.78, 5) is 0. The van der Waals surface area contributed by atoms with Crippen LogP contribution in [0.1, 0.15) is 37.3 Å². The predicted octanol–water partition coefficient (Wildman–Crippen LogP) is 2.45. The summed E-state index contributed by atoms with van der Waals surface area (Å²) in [5, 5.41) is 21.4. The molecule has 4 rings (SSSR count). The third-order valence-electron chi connectivity index (χ3n) is 4.66. The number of nitrogens with one attached hydrogen (secondary N) is 1. The van der Waals surface area contributed by atoms with Crippen molar-refractivity contribution >= 4 is 16.6 Å². The maximum atomic E-state index is 10.2. The molecule has 0 aliphatic heterocycles. The first-order valence-corrected chi connectivity index (χ1v) is 7.03. The summed E-state index contributed by atoms with van der Waals surface area (Å²) < 4.78 is 0. The molecule has 2 N–H and O–H groups in total. The van der Waals surface area contributed by atoms with Gasteiger partial charge in [0.2, 0.25) is 0 Å². The third-order valence-corrected chi connectivity index (χ3v) is 4.66. The van der Waals surface area contributed by atoms with Crippen molar-refractivity contribution in [3.63, 3.8) is 0 Å². The van der Waals surface area contributed by atoms with Gasteiger partial charge in [-0.3, -0.25) is 0 Å². The molecule has 2 aromatic rings. The number of benzene rings is 1. The van der Waals surface area contributed by atoms with Gasteiger partial charge in [-0.25, -0.2) is 0 Å². The largest absolute Gasteiger partial charge is 0.389 e. The molecule has 0 fully saturated rings. The summed E-state index contributed by atoms with van der Waals surface area (Å²) in [6.07, 6.45) is 3.70. The number of aromatic amines is 1. The Morgan fingerprint density at radius 1 is 1.32 bits per heavy atom. The van der Waals surface area contributed by atoms with Crippen LogP contribution in [0.5, 0.6) is 0 Å². The molecule has 0 amide bonds. The van der Waals surface area contributed by atoms with Gasteiger partial charge in [-0.05, 0) is 59.9 Å². The first kappa shape index (κ1) is 11.2. The van der Waals surface area contributed by atoms with Gasteiger partial charge >= 0.3 is 0 Å². The molecule has 0 bridgehead atoms. The maximum absolute atomic E-state index is 10.2. The molecule has 0 saturated heterocycles. The Bertz CT molecular complexity index is 686. The number of allylic oxidation sites excluding steroid dienone is 1. The Kier molecular flexibility index (Phi) is 2.30. The number of aliphatic hydroxyl groups is 1. The number of nitrogens with zero attached hydrogens (tertiary/aromatic N) is 2. The second-order valence-electron chi connectivity index (χ2n) is 5.57. The molecule has 2 aliphatic rings. The van der Waals surface area contributed by atoms with Crippen LogP contribution in [0.3, 0.4) is 0 Å². The van der Waals surface area contributed by atoms with E-state index in [1.165, 1.54) is 22.3 Å². The first-order valence-electron chi connectivity index (χ1n) is 7.03. The minimum Gasteiger partial charge on any atom is -0.389 e. The van der Waals surface area contributed by atoms with Crippen LogP contribution in [-0.2, 0) is 6.42 Å². The normalized spacial score (nSPS) is 25.8. The summed E-state index contributed by atoms with van der Waals surface area (Å²) in [7, 11) is 0. The van der Waals surface area contributed by atoms with Crippen LogP contribution >= 0.6 is 0 Å². The predicted molar refractivity (Wildman–Crippen MR) is 73.5 cm³/mol. The van der Waals surface area contributed by atoms with Crippen LogP contribution < -0.4 is 0 Å². The molecule has 1 heterocycles. The Morgan fingerprint density at radius 3 is 3.05 bits per heavy atom. The molecule has 0 spiro atoms. The molecule has 19 heavy (non-hydrogen) atoms. The molecule has 2 atom stereocenters. The highest BCUT2D eigenvalue weighted by Gasteiger charge is 2.35. The molecule has 2 aliphatic carbocycles. The number of hydrogen-bond donors (Lipinski definition) is 2. The lowest BCUT2D eigenvalue weighted by atomic mass is 9.80. The van der Waals surface area contributed by atoms with Crippen molar-refractivity contribution < 1.29 is 5.11 Å². The van der Waals surface area contributed by atoms with E-state index in [0.29, 0.717) is 5.92 Å². The van der Waals surface area contributed by atoms with Crippen LogP contribution in [0, 0.1) is 5.92 Å². The number of fused-ring (bicyclic) bond motifs is 5. The fourth-order valence-corrected chi connectivity index (χ4v) is 3.82. The molecule has 4 heteroatoms. The van der Waals surface area contributed by atoms with Crippen LogP contribution in [0.25, 0.3) is 16.6 Å². The van der Waals surface area contributed by atoms with Gasteiger partial charge in [0.1, 0.15) is 11.0 Å². The van der Waals surface area contributed by atoms with E-state index in [2.05, 4.69) is 28.4 Å². The van der Waals surface area contributed by atoms with E-state index >= 15 is 0 Å². The molecule has 0 radical (unpaired) electrons. The molecule has 0 saturated carbocycles. The van der Waals surface area contributed by atoms with Gasteiger partial charge < -0.3 is 5.11 Å². The van der Waals surface area contributed by atoms with Gasteiger partial charge in [-0.2, -0.15) is 15.4 Å². The molecule has 1 aromatic carbocycles. The van der Waals surface area contributed by atoms with E-state index < -0.39 is 0 Å². The smallest absolute Gasteiger partial charge is 0.116 e. The van der Waals surface area contributed by atoms with E-state index in [9.17, 15) is 5.11 Å². The molecular formula is C15H17N3O. The van der Waals surface area contributed by atoms with Crippen molar-refractivity contribution in [3.8, 4) is 0 Å². The standard InChI is InChI=1S/C15H17N3O/c1-2-9-13(19)6-3-8-7-11-10(14(8)9)4-5-12-15(11)17-18-16-12/h4-5,8,13,19H,2-3,6-7H2,1H3,(H,16,17,18). The summed E-state index contributed by atoms with van der Waals surface area (Å²) in [6, 6.07) is 4.19. The summed E-state index contributed by atoms with van der Waals surface area (Å²) >= 11 is 0. The maximum Gasteiger partial charge on any atom is 0.116 e. The van der Waals surface area contributed by atoms with Crippen molar-refractivity contribution in [1.82, 2.24) is 15.4 Å². The van der Waals surface area contributed by atoms with E-state index in [1.54, 1.807) is 0 Å². The summed E-state index contributed by atoms with van der Waals surface area (Å²) in [5.41, 5.74) is 7.17. The number of H-pyrrole nitrogens is 1. The minimum atomic E-state index is -0.254. The second-order valence-corrected chi connectivity index (χ2v) is 5.57. The lowest BCUT2D eigenvalue weighted by Gasteiger charge is -2.27. The number of aromatic nitrogens is 3. The Hall–Kier alpha value is -1.68. The zero-order valence-corrected chi connectivity index (χ0v) is 11.0. The van der Waals surface area contributed by atoms with Crippen LogP contribution in [0.2, 0.25) is 0 Å². The molecule has 4 nitrogen and oxygen atoms in total. The van der Waals surface area contributed by atoms with E-state index in [-0.39, 0.29) is 6.10 Å². The summed E-state index contributed by atoms with van der Waals surface area (Å²) in [6.45, 7) is 2.14. The topological polar surface area (TPSA) is 61.8 Å². The fourth-order valence-electron chi connectivity index (χ4n) is 3.82. The summed E-state index contributed by atoms with van der Waals surface area (Å²) in [5.74, 6) is 0.565. The average Bonchev–Trinajstić information content (AvgIpc) is 3.01. The lowest BCUT2D eigenvalue weighted by Crippen LogP contribution is -2.20. The highest BCUT2D eigenvalue weighted by molar-refractivity contribution is 5.89. The van der Waals surface area contributed by atoms with Gasteiger partial charge in [0, 0.05) is 0 Å². The molecule has 1 aromatic heterocycles. The first-order chi connectivity index (χ1) is 9.29. The van der Waals surface area contributed by atoms with Crippen molar-refractivity contribution in [2.45, 2.75) is 38.7 Å². The Morgan fingerprint density at radius 2 is 2.21 bits per heavy atom. The van der Waals surface area contributed by atoms with Gasteiger partial charge in [0.15, 0.2) is 0 Å². The quantitative estimate of drug-likeness (QED) is 0.822. The third kappa shape index (κ3) is 1.43. The van der Waals surface area contributed by atoms with E-state index in [1.807, 2.05) is 6.07 Å². The number of hydrogen-bond acceptors (Lipinski definition) is 3. The highest BCUT2D eigenvalue weighted by Crippen LogP contribution is 2.47. The van der Waals surface area contributed by atoms with Crippen molar-refractivity contribution in [1.29, 1.82) is 0 Å².